The van der Waals surface area contributed by atoms with E-state index in [0.29, 0.717) is 18.1 Å². The highest BCUT2D eigenvalue weighted by Gasteiger charge is 2.29. The largest absolute Gasteiger partial charge is 0.380 e. The number of nitrogens with zero attached hydrogens (tertiary/aromatic N) is 1. The van der Waals surface area contributed by atoms with E-state index in [0.717, 1.165) is 12.6 Å². The van der Waals surface area contributed by atoms with Gasteiger partial charge in [0.15, 0.2) is 0 Å². The second-order valence-corrected chi connectivity index (χ2v) is 6.27. The Kier molecular flexibility index (Phi) is 5.46. The van der Waals surface area contributed by atoms with Crippen LogP contribution in [0.4, 0.5) is 0 Å². The molecule has 2 saturated heterocycles. The number of methoxy groups -OCH3 is 1. The van der Waals surface area contributed by atoms with E-state index in [-0.39, 0.29) is 0 Å². The minimum Gasteiger partial charge on any atom is -0.380 e. The van der Waals surface area contributed by atoms with Crippen molar-refractivity contribution in [1.82, 2.24) is 10.2 Å². The normalized spacial score (nSPS) is 36.5. The van der Waals surface area contributed by atoms with Crippen LogP contribution >= 0.6 is 0 Å². The van der Waals surface area contributed by atoms with Crippen LogP contribution in [0, 0.1) is 5.92 Å². The Morgan fingerprint density at radius 2 is 2.17 bits per heavy atom. The summed E-state index contributed by atoms with van der Waals surface area (Å²) in [5.41, 5.74) is 0. The van der Waals surface area contributed by atoms with Crippen LogP contribution in [0.1, 0.15) is 46.0 Å². The molecule has 2 aliphatic heterocycles. The number of rotatable bonds is 4. The summed E-state index contributed by atoms with van der Waals surface area (Å²) in [5, 5.41) is 3.67. The van der Waals surface area contributed by atoms with E-state index in [9.17, 15) is 0 Å². The smallest absolute Gasteiger partial charge is 0.0724 e. The van der Waals surface area contributed by atoms with E-state index in [1.54, 1.807) is 0 Å². The third-order valence-corrected chi connectivity index (χ3v) is 4.88. The summed E-state index contributed by atoms with van der Waals surface area (Å²) in [7, 11) is 1.86. The standard InChI is InChI=1S/C15H30N2O/c1-12-7-9-17(11-15(12)18-3)13(2)10-14-6-4-5-8-16-14/h12-16H,4-11H2,1-3H3. The first-order valence-electron chi connectivity index (χ1n) is 7.71. The highest BCUT2D eigenvalue weighted by Crippen LogP contribution is 2.23. The maximum Gasteiger partial charge on any atom is 0.0724 e. The SMILES string of the molecule is COC1CN(C(C)CC2CCCCN2)CCC1C. The Balaban J connectivity index is 1.79. The van der Waals surface area contributed by atoms with Gasteiger partial charge in [-0.15, -0.1) is 0 Å². The lowest BCUT2D eigenvalue weighted by molar-refractivity contribution is -0.0191. The molecular formula is C15H30N2O. The molecule has 0 spiro atoms. The fourth-order valence-electron chi connectivity index (χ4n) is 3.45. The molecule has 2 aliphatic rings. The highest BCUT2D eigenvalue weighted by molar-refractivity contribution is 4.84. The summed E-state index contributed by atoms with van der Waals surface area (Å²) in [6.07, 6.45) is 7.13. The van der Waals surface area contributed by atoms with Crippen molar-refractivity contribution in [3.63, 3.8) is 0 Å². The molecule has 0 aliphatic carbocycles. The quantitative estimate of drug-likeness (QED) is 0.833. The van der Waals surface area contributed by atoms with Crippen molar-refractivity contribution in [2.75, 3.05) is 26.7 Å². The number of hydrogen-bond donors (Lipinski definition) is 1. The van der Waals surface area contributed by atoms with Gasteiger partial charge < -0.3 is 10.1 Å². The predicted octanol–water partition coefficient (Wildman–Crippen LogP) is 2.26. The number of likely N-dealkylation sites (tertiary alicyclic amines) is 1. The first-order chi connectivity index (χ1) is 8.70. The van der Waals surface area contributed by atoms with Gasteiger partial charge in [0.1, 0.15) is 0 Å². The third-order valence-electron chi connectivity index (χ3n) is 4.88. The summed E-state index contributed by atoms with van der Waals surface area (Å²) in [5.74, 6) is 0.714. The minimum absolute atomic E-state index is 0.431. The summed E-state index contributed by atoms with van der Waals surface area (Å²) in [4.78, 5) is 2.63. The zero-order chi connectivity index (χ0) is 13.0. The third kappa shape index (κ3) is 3.69. The van der Waals surface area contributed by atoms with Crippen LogP contribution in [0.2, 0.25) is 0 Å². The minimum atomic E-state index is 0.431. The maximum absolute atomic E-state index is 5.62. The zero-order valence-electron chi connectivity index (χ0n) is 12.3. The molecule has 106 valence electrons. The Morgan fingerprint density at radius 3 is 2.83 bits per heavy atom. The van der Waals surface area contributed by atoms with Gasteiger partial charge in [0.2, 0.25) is 0 Å². The van der Waals surface area contributed by atoms with Crippen molar-refractivity contribution >= 4 is 0 Å². The van der Waals surface area contributed by atoms with Gasteiger partial charge in [-0.2, -0.15) is 0 Å². The summed E-state index contributed by atoms with van der Waals surface area (Å²) in [6.45, 7) is 8.29. The van der Waals surface area contributed by atoms with Crippen LogP contribution < -0.4 is 5.32 Å². The molecular weight excluding hydrogens is 224 g/mol. The number of nitrogens with one attached hydrogen (secondary N) is 1. The molecule has 0 bridgehead atoms. The van der Waals surface area contributed by atoms with E-state index >= 15 is 0 Å². The van der Waals surface area contributed by atoms with E-state index in [1.165, 1.54) is 45.2 Å². The van der Waals surface area contributed by atoms with Gasteiger partial charge in [-0.25, -0.2) is 0 Å². The molecule has 18 heavy (non-hydrogen) atoms. The molecule has 4 unspecified atom stereocenters. The molecule has 3 nitrogen and oxygen atoms in total. The average Bonchev–Trinajstić information content (AvgIpc) is 2.40. The van der Waals surface area contributed by atoms with Crippen LogP contribution in [-0.2, 0) is 4.74 Å². The number of hydrogen-bond acceptors (Lipinski definition) is 3. The maximum atomic E-state index is 5.62. The van der Waals surface area contributed by atoms with Gasteiger partial charge in [-0.1, -0.05) is 13.3 Å². The van der Waals surface area contributed by atoms with Crippen molar-refractivity contribution in [2.24, 2.45) is 5.92 Å². The summed E-state index contributed by atoms with van der Waals surface area (Å²) in [6, 6.07) is 1.43. The predicted molar refractivity (Wildman–Crippen MR) is 75.9 cm³/mol. The first-order valence-corrected chi connectivity index (χ1v) is 7.71. The Hall–Kier alpha value is -0.120. The second kappa shape index (κ2) is 6.88. The van der Waals surface area contributed by atoms with Crippen LogP contribution in [0.5, 0.6) is 0 Å². The summed E-state index contributed by atoms with van der Waals surface area (Å²) >= 11 is 0. The molecule has 2 heterocycles. The Bertz CT molecular complexity index is 241. The molecule has 0 aromatic carbocycles. The number of ether oxygens (including phenoxy) is 1. The lowest BCUT2D eigenvalue weighted by Crippen LogP contribution is -2.49. The average molecular weight is 254 g/mol. The van der Waals surface area contributed by atoms with E-state index in [4.69, 9.17) is 4.74 Å². The Labute approximate surface area is 112 Å². The van der Waals surface area contributed by atoms with Crippen LogP contribution in [0.25, 0.3) is 0 Å². The van der Waals surface area contributed by atoms with Gasteiger partial charge in [-0.3, -0.25) is 4.90 Å². The van der Waals surface area contributed by atoms with E-state index in [2.05, 4.69) is 24.1 Å². The monoisotopic (exact) mass is 254 g/mol. The first kappa shape index (κ1) is 14.3. The highest BCUT2D eigenvalue weighted by atomic mass is 16.5. The molecule has 0 amide bonds. The van der Waals surface area contributed by atoms with Crippen molar-refractivity contribution in [3.05, 3.63) is 0 Å². The zero-order valence-corrected chi connectivity index (χ0v) is 12.3. The lowest BCUT2D eigenvalue weighted by atomic mass is 9.92. The van der Waals surface area contributed by atoms with Crippen molar-refractivity contribution < 1.29 is 4.74 Å². The van der Waals surface area contributed by atoms with Crippen LogP contribution in [-0.4, -0.2) is 49.8 Å². The molecule has 0 aromatic heterocycles. The molecule has 0 saturated carbocycles. The molecule has 1 N–H and O–H groups in total. The van der Waals surface area contributed by atoms with Crippen LogP contribution in [0.3, 0.4) is 0 Å². The second-order valence-electron chi connectivity index (χ2n) is 6.27. The van der Waals surface area contributed by atoms with Gasteiger partial charge in [0.25, 0.3) is 0 Å². The number of piperidine rings is 2. The molecule has 4 atom stereocenters. The van der Waals surface area contributed by atoms with Crippen molar-refractivity contribution in [3.8, 4) is 0 Å². The summed E-state index contributed by atoms with van der Waals surface area (Å²) < 4.78 is 5.62. The van der Waals surface area contributed by atoms with Gasteiger partial charge in [0.05, 0.1) is 6.10 Å². The van der Waals surface area contributed by atoms with Gasteiger partial charge >= 0.3 is 0 Å². The van der Waals surface area contributed by atoms with E-state index < -0.39 is 0 Å². The molecule has 0 radical (unpaired) electrons. The molecule has 2 fully saturated rings. The van der Waals surface area contributed by atoms with E-state index in [1.807, 2.05) is 7.11 Å². The van der Waals surface area contributed by atoms with Crippen molar-refractivity contribution in [2.45, 2.75) is 64.1 Å². The fourth-order valence-corrected chi connectivity index (χ4v) is 3.45. The molecule has 2 rings (SSSR count). The topological polar surface area (TPSA) is 24.5 Å². The molecule has 3 heteroatoms. The van der Waals surface area contributed by atoms with Gasteiger partial charge in [-0.05, 0) is 51.6 Å². The van der Waals surface area contributed by atoms with Crippen molar-refractivity contribution in [1.29, 1.82) is 0 Å². The van der Waals surface area contributed by atoms with Gasteiger partial charge in [0, 0.05) is 25.7 Å². The lowest BCUT2D eigenvalue weighted by Gasteiger charge is -2.41. The Morgan fingerprint density at radius 1 is 1.33 bits per heavy atom. The van der Waals surface area contributed by atoms with Crippen LogP contribution in [0.15, 0.2) is 0 Å². The fraction of sp³-hybridized carbons (Fsp3) is 1.00. The molecule has 0 aromatic rings.